The van der Waals surface area contributed by atoms with E-state index < -0.39 is 6.03 Å². The van der Waals surface area contributed by atoms with Crippen molar-refractivity contribution in [2.45, 2.75) is 6.61 Å². The molecule has 0 spiro atoms. The zero-order valence-corrected chi connectivity index (χ0v) is 9.30. The quantitative estimate of drug-likeness (QED) is 0.872. The van der Waals surface area contributed by atoms with Gasteiger partial charge < -0.3 is 15.8 Å². The van der Waals surface area contributed by atoms with Gasteiger partial charge in [-0.25, -0.2) is 4.79 Å². The number of amides is 2. The number of nitrogens with two attached hydrogens (primary N) is 1. The number of urea groups is 1. The van der Waals surface area contributed by atoms with Crippen LogP contribution in [0.3, 0.4) is 0 Å². The van der Waals surface area contributed by atoms with Crippen molar-refractivity contribution in [3.05, 3.63) is 28.2 Å². The van der Waals surface area contributed by atoms with E-state index >= 15 is 0 Å². The standard InChI is InChI=1S/C9H11BrN2O2/c1-14-5-6-7(10)3-2-4-8(6)12-9(11)13/h2-4H,5H2,1H3,(H3,11,12,13). The molecule has 76 valence electrons. The predicted molar refractivity (Wildman–Crippen MR) is 58.1 cm³/mol. The molecule has 2 amide bonds. The molecule has 3 N–H and O–H groups in total. The number of carbonyl (C=O) groups is 1. The number of methoxy groups -OCH3 is 1. The molecule has 0 bridgehead atoms. The molecule has 1 aromatic rings. The van der Waals surface area contributed by atoms with Crippen LogP contribution in [0.2, 0.25) is 0 Å². The van der Waals surface area contributed by atoms with Crippen LogP contribution in [-0.4, -0.2) is 13.1 Å². The van der Waals surface area contributed by atoms with E-state index in [1.54, 1.807) is 13.2 Å². The van der Waals surface area contributed by atoms with Crippen LogP contribution in [0.5, 0.6) is 0 Å². The van der Waals surface area contributed by atoms with Gasteiger partial charge in [0.25, 0.3) is 0 Å². The molecule has 1 rings (SSSR count). The molecule has 14 heavy (non-hydrogen) atoms. The molecule has 0 radical (unpaired) electrons. The van der Waals surface area contributed by atoms with Gasteiger partial charge >= 0.3 is 6.03 Å². The smallest absolute Gasteiger partial charge is 0.316 e. The summed E-state index contributed by atoms with van der Waals surface area (Å²) in [5.74, 6) is 0. The number of ether oxygens (including phenoxy) is 1. The number of anilines is 1. The Bertz CT molecular complexity index is 342. The third-order valence-electron chi connectivity index (χ3n) is 1.67. The topological polar surface area (TPSA) is 64.3 Å². The molecule has 0 aromatic heterocycles. The van der Waals surface area contributed by atoms with Crippen molar-refractivity contribution in [1.82, 2.24) is 0 Å². The van der Waals surface area contributed by atoms with E-state index in [0.717, 1.165) is 10.0 Å². The Morgan fingerprint density at radius 3 is 2.93 bits per heavy atom. The summed E-state index contributed by atoms with van der Waals surface area (Å²) in [7, 11) is 1.59. The molecule has 0 saturated carbocycles. The first-order chi connectivity index (χ1) is 6.65. The van der Waals surface area contributed by atoms with Gasteiger partial charge in [0.2, 0.25) is 0 Å². The van der Waals surface area contributed by atoms with E-state index in [0.29, 0.717) is 12.3 Å². The highest BCUT2D eigenvalue weighted by Crippen LogP contribution is 2.25. The first kappa shape index (κ1) is 11.0. The highest BCUT2D eigenvalue weighted by atomic mass is 79.9. The number of nitrogens with one attached hydrogen (secondary N) is 1. The third kappa shape index (κ3) is 2.71. The zero-order valence-electron chi connectivity index (χ0n) is 7.71. The van der Waals surface area contributed by atoms with Gasteiger partial charge in [-0.2, -0.15) is 0 Å². The molecular formula is C9H11BrN2O2. The lowest BCUT2D eigenvalue weighted by Gasteiger charge is -2.10. The molecule has 0 aliphatic heterocycles. The van der Waals surface area contributed by atoms with E-state index in [2.05, 4.69) is 21.2 Å². The Balaban J connectivity index is 3.01. The van der Waals surface area contributed by atoms with E-state index in [1.165, 1.54) is 0 Å². The number of hydrogen-bond acceptors (Lipinski definition) is 2. The minimum atomic E-state index is -0.583. The fourth-order valence-electron chi connectivity index (χ4n) is 1.10. The fraction of sp³-hybridized carbons (Fsp3) is 0.222. The zero-order chi connectivity index (χ0) is 10.6. The number of primary amides is 1. The lowest BCUT2D eigenvalue weighted by atomic mass is 10.2. The second kappa shape index (κ2) is 4.97. The summed E-state index contributed by atoms with van der Waals surface area (Å²) in [6.45, 7) is 0.414. The second-order valence-corrected chi connectivity index (χ2v) is 3.54. The lowest BCUT2D eigenvalue weighted by Crippen LogP contribution is -2.20. The van der Waals surface area contributed by atoms with Crippen LogP contribution >= 0.6 is 15.9 Å². The highest BCUT2D eigenvalue weighted by molar-refractivity contribution is 9.10. The van der Waals surface area contributed by atoms with Crippen LogP contribution in [0.1, 0.15) is 5.56 Å². The largest absolute Gasteiger partial charge is 0.380 e. The van der Waals surface area contributed by atoms with E-state index in [1.807, 2.05) is 12.1 Å². The van der Waals surface area contributed by atoms with Crippen molar-refractivity contribution < 1.29 is 9.53 Å². The van der Waals surface area contributed by atoms with Gasteiger partial charge in [0.05, 0.1) is 6.61 Å². The molecule has 0 saturated heterocycles. The summed E-state index contributed by atoms with van der Waals surface area (Å²) >= 11 is 3.37. The van der Waals surface area contributed by atoms with Gasteiger partial charge in [0.15, 0.2) is 0 Å². The monoisotopic (exact) mass is 258 g/mol. The highest BCUT2D eigenvalue weighted by Gasteiger charge is 2.07. The summed E-state index contributed by atoms with van der Waals surface area (Å²) in [5.41, 5.74) is 6.56. The molecule has 0 heterocycles. The van der Waals surface area contributed by atoms with Gasteiger partial charge in [0.1, 0.15) is 0 Å². The number of benzene rings is 1. The van der Waals surface area contributed by atoms with Crippen molar-refractivity contribution in [3.8, 4) is 0 Å². The van der Waals surface area contributed by atoms with E-state index in [4.69, 9.17) is 10.5 Å². The Morgan fingerprint density at radius 1 is 1.64 bits per heavy atom. The molecule has 0 atom stereocenters. The van der Waals surface area contributed by atoms with Crippen LogP contribution < -0.4 is 11.1 Å². The summed E-state index contributed by atoms with van der Waals surface area (Å²) in [6.07, 6.45) is 0. The lowest BCUT2D eigenvalue weighted by molar-refractivity contribution is 0.185. The Labute approximate surface area is 90.6 Å². The maximum Gasteiger partial charge on any atom is 0.316 e. The van der Waals surface area contributed by atoms with Crippen LogP contribution in [0.4, 0.5) is 10.5 Å². The number of carbonyl (C=O) groups excluding carboxylic acids is 1. The van der Waals surface area contributed by atoms with E-state index in [-0.39, 0.29) is 0 Å². The summed E-state index contributed by atoms with van der Waals surface area (Å²) in [5, 5.41) is 2.53. The van der Waals surface area contributed by atoms with Crippen LogP contribution in [-0.2, 0) is 11.3 Å². The van der Waals surface area contributed by atoms with Crippen molar-refractivity contribution in [2.24, 2.45) is 5.73 Å². The molecule has 0 aliphatic carbocycles. The average Bonchev–Trinajstić information content (AvgIpc) is 2.10. The van der Waals surface area contributed by atoms with Crippen molar-refractivity contribution in [2.75, 3.05) is 12.4 Å². The molecule has 0 aliphatic rings. The normalized spacial score (nSPS) is 9.86. The van der Waals surface area contributed by atoms with Crippen LogP contribution in [0.25, 0.3) is 0 Å². The average molecular weight is 259 g/mol. The molecule has 0 unspecified atom stereocenters. The summed E-state index contributed by atoms with van der Waals surface area (Å²) in [6, 6.07) is 4.87. The van der Waals surface area contributed by atoms with Gasteiger partial charge in [0, 0.05) is 22.8 Å². The molecule has 1 aromatic carbocycles. The minimum Gasteiger partial charge on any atom is -0.380 e. The van der Waals surface area contributed by atoms with Gasteiger partial charge in [-0.3, -0.25) is 0 Å². The summed E-state index contributed by atoms with van der Waals surface area (Å²) < 4.78 is 5.89. The molecule has 5 heteroatoms. The molecular weight excluding hydrogens is 248 g/mol. The first-order valence-corrected chi connectivity index (χ1v) is 4.77. The Morgan fingerprint density at radius 2 is 2.36 bits per heavy atom. The maximum atomic E-state index is 10.7. The Kier molecular flexibility index (Phi) is 3.91. The maximum absolute atomic E-state index is 10.7. The first-order valence-electron chi connectivity index (χ1n) is 3.98. The second-order valence-electron chi connectivity index (χ2n) is 2.69. The van der Waals surface area contributed by atoms with Crippen molar-refractivity contribution in [3.63, 3.8) is 0 Å². The van der Waals surface area contributed by atoms with Crippen LogP contribution in [0.15, 0.2) is 22.7 Å². The fourth-order valence-corrected chi connectivity index (χ4v) is 1.58. The number of halogens is 1. The van der Waals surface area contributed by atoms with E-state index in [9.17, 15) is 4.79 Å². The Hall–Kier alpha value is -1.07. The van der Waals surface area contributed by atoms with Gasteiger partial charge in [-0.1, -0.05) is 22.0 Å². The predicted octanol–water partition coefficient (Wildman–Crippen LogP) is 2.09. The van der Waals surface area contributed by atoms with Gasteiger partial charge in [-0.05, 0) is 12.1 Å². The SMILES string of the molecule is COCc1c(Br)cccc1NC(N)=O. The molecule has 4 nitrogen and oxygen atoms in total. The number of rotatable bonds is 3. The minimum absolute atomic E-state index is 0.414. The summed E-state index contributed by atoms with van der Waals surface area (Å²) in [4.78, 5) is 10.7. The van der Waals surface area contributed by atoms with Crippen molar-refractivity contribution >= 4 is 27.6 Å². The van der Waals surface area contributed by atoms with Gasteiger partial charge in [-0.15, -0.1) is 0 Å². The van der Waals surface area contributed by atoms with Crippen molar-refractivity contribution in [1.29, 1.82) is 0 Å². The van der Waals surface area contributed by atoms with Crippen LogP contribution in [0, 0.1) is 0 Å². The third-order valence-corrected chi connectivity index (χ3v) is 2.41. The molecule has 0 fully saturated rings. The number of hydrogen-bond donors (Lipinski definition) is 2.